The third kappa shape index (κ3) is 5.32. The summed E-state index contributed by atoms with van der Waals surface area (Å²) >= 11 is 0. The molecule has 0 saturated carbocycles. The van der Waals surface area contributed by atoms with Crippen molar-refractivity contribution in [2.45, 2.75) is 34.6 Å². The molecular formula is C30H26IrNO3-. The van der Waals surface area contributed by atoms with Gasteiger partial charge >= 0.3 is 0 Å². The molecule has 0 bridgehead atoms. The molecule has 0 aliphatic heterocycles. The van der Waals surface area contributed by atoms with E-state index in [2.05, 4.69) is 56.1 Å². The minimum absolute atomic E-state index is 0. The molecule has 4 aromatic rings. The predicted octanol–water partition coefficient (Wildman–Crippen LogP) is 6.87. The van der Waals surface area contributed by atoms with E-state index in [0.717, 1.165) is 55.4 Å². The molecule has 4 nitrogen and oxygen atoms in total. The number of aliphatic hydroxyl groups excluding tert-OH is 1. The third-order valence-corrected chi connectivity index (χ3v) is 5.75. The molecule has 0 fully saturated rings. The Morgan fingerprint density at radius 3 is 2.34 bits per heavy atom. The van der Waals surface area contributed by atoms with Crippen LogP contribution in [0.4, 0.5) is 0 Å². The topological polar surface area (TPSA) is 67.3 Å². The van der Waals surface area contributed by atoms with E-state index in [1.54, 1.807) is 0 Å². The van der Waals surface area contributed by atoms with Gasteiger partial charge in [-0.25, -0.2) is 0 Å². The number of allylic oxidation sites excluding steroid dienone is 2. The molecule has 0 amide bonds. The first-order chi connectivity index (χ1) is 16.2. The number of carbonyl (C=O) groups excluding carboxylic acids is 2. The molecule has 1 aliphatic carbocycles. The summed E-state index contributed by atoms with van der Waals surface area (Å²) in [5, 5.41) is 10.5. The first-order valence-corrected chi connectivity index (χ1v) is 11.1. The first-order valence-electron chi connectivity index (χ1n) is 11.1. The van der Waals surface area contributed by atoms with Crippen molar-refractivity contribution >= 4 is 22.3 Å². The number of rotatable bonds is 2. The Balaban J connectivity index is 0.000000378. The van der Waals surface area contributed by atoms with Gasteiger partial charge < -0.3 is 10.1 Å². The maximum Gasteiger partial charge on any atom is 0.194 e. The van der Waals surface area contributed by atoms with Gasteiger partial charge in [-0.05, 0) is 66.1 Å². The fraction of sp³-hybridized carbons (Fsp3) is 0.167. The molecule has 35 heavy (non-hydrogen) atoms. The number of aryl methyl sites for hydroxylation is 3. The molecule has 0 atom stereocenters. The van der Waals surface area contributed by atoms with Gasteiger partial charge in [-0.1, -0.05) is 38.1 Å². The largest absolute Gasteiger partial charge is 0.512 e. The molecule has 1 radical (unpaired) electrons. The summed E-state index contributed by atoms with van der Waals surface area (Å²) in [4.78, 5) is 27.6. The summed E-state index contributed by atoms with van der Waals surface area (Å²) in [6, 6.07) is 19.7. The SMILES string of the molecule is CC(=O)/C=C(/C)O.Cc1[c-]c(-c2nccc3cc4c(cc23)-c2c(C)cccc2C4=O)cc(C)c1.[Ir]. The number of hydrogen-bond acceptors (Lipinski definition) is 4. The monoisotopic (exact) mass is 641 g/mol. The zero-order valence-corrected chi connectivity index (χ0v) is 22.7. The standard InChI is InChI=1S/C25H18NO.C5H8O2.Ir/c1-14-9-15(2)11-18(10-14)24-20-13-21-22(12-17(20)7-8-26-24)25(27)19-6-4-5-16(3)23(19)21;1-4(6)3-5(2)7;/h4-10,12-13H,1-3H3;3,6H,1-2H3;/q-1;;/b;4-3-;. The van der Waals surface area contributed by atoms with Crippen LogP contribution in [0.1, 0.15) is 46.5 Å². The fourth-order valence-corrected chi connectivity index (χ4v) is 4.51. The van der Waals surface area contributed by atoms with Crippen LogP contribution in [0.15, 0.2) is 66.6 Å². The minimum Gasteiger partial charge on any atom is -0.512 e. The zero-order chi connectivity index (χ0) is 24.6. The summed E-state index contributed by atoms with van der Waals surface area (Å²) in [6.07, 6.45) is 2.98. The molecule has 3 aromatic carbocycles. The van der Waals surface area contributed by atoms with Crippen molar-refractivity contribution in [3.05, 3.63) is 100 Å². The average Bonchev–Trinajstić information content (AvgIpc) is 3.03. The zero-order valence-electron chi connectivity index (χ0n) is 20.3. The van der Waals surface area contributed by atoms with Crippen LogP contribution in [0.3, 0.4) is 0 Å². The van der Waals surface area contributed by atoms with Gasteiger partial charge in [-0.15, -0.1) is 34.9 Å². The predicted molar refractivity (Wildman–Crippen MR) is 136 cm³/mol. The normalized spacial score (nSPS) is 11.8. The average molecular weight is 641 g/mol. The maximum atomic E-state index is 12.9. The molecule has 0 saturated heterocycles. The second-order valence-electron chi connectivity index (χ2n) is 8.76. The van der Waals surface area contributed by atoms with Crippen molar-refractivity contribution in [3.63, 3.8) is 0 Å². The molecule has 1 N–H and O–H groups in total. The number of aromatic nitrogens is 1. The smallest absolute Gasteiger partial charge is 0.194 e. The maximum absolute atomic E-state index is 12.9. The number of benzene rings is 3. The molecule has 1 heterocycles. The van der Waals surface area contributed by atoms with Crippen molar-refractivity contribution < 1.29 is 34.8 Å². The fourth-order valence-electron chi connectivity index (χ4n) is 4.51. The van der Waals surface area contributed by atoms with Crippen molar-refractivity contribution in [2.24, 2.45) is 0 Å². The molecule has 0 spiro atoms. The second kappa shape index (κ2) is 10.5. The summed E-state index contributed by atoms with van der Waals surface area (Å²) in [5.41, 5.74) is 8.98. The quantitative estimate of drug-likeness (QED) is 0.130. The Bertz CT molecular complexity index is 1480. The Kier molecular flexibility index (Phi) is 7.84. The van der Waals surface area contributed by atoms with Crippen LogP contribution in [-0.2, 0) is 24.9 Å². The molecule has 1 aliphatic rings. The number of nitrogens with zero attached hydrogens (tertiary/aromatic N) is 1. The van der Waals surface area contributed by atoms with Gasteiger partial charge in [-0.3, -0.25) is 9.59 Å². The number of pyridine rings is 1. The Hall–Kier alpha value is -3.40. The molecule has 179 valence electrons. The molecular weight excluding hydrogens is 615 g/mol. The van der Waals surface area contributed by atoms with Gasteiger partial charge in [-0.2, -0.15) is 0 Å². The van der Waals surface area contributed by atoms with Crippen molar-refractivity contribution in [3.8, 4) is 22.4 Å². The van der Waals surface area contributed by atoms with Crippen LogP contribution in [0.25, 0.3) is 33.2 Å². The van der Waals surface area contributed by atoms with Crippen molar-refractivity contribution in [1.29, 1.82) is 0 Å². The van der Waals surface area contributed by atoms with Crippen molar-refractivity contribution in [1.82, 2.24) is 4.98 Å². The van der Waals surface area contributed by atoms with Crippen LogP contribution < -0.4 is 0 Å². The summed E-state index contributed by atoms with van der Waals surface area (Å²) < 4.78 is 0. The van der Waals surface area contributed by atoms with E-state index < -0.39 is 0 Å². The van der Waals surface area contributed by atoms with Crippen LogP contribution >= 0.6 is 0 Å². The second-order valence-corrected chi connectivity index (χ2v) is 8.76. The van der Waals surface area contributed by atoms with Crippen LogP contribution in [0, 0.1) is 26.8 Å². The van der Waals surface area contributed by atoms with E-state index in [-0.39, 0.29) is 37.4 Å². The van der Waals surface area contributed by atoms with Crippen molar-refractivity contribution in [2.75, 3.05) is 0 Å². The van der Waals surface area contributed by atoms with Gasteiger partial charge in [0.1, 0.15) is 0 Å². The number of ketones is 2. The number of carbonyl (C=O) groups is 2. The summed E-state index contributed by atoms with van der Waals surface area (Å²) in [7, 11) is 0. The molecule has 5 heteroatoms. The van der Waals surface area contributed by atoms with Gasteiger partial charge in [0.25, 0.3) is 0 Å². The van der Waals surface area contributed by atoms with Gasteiger partial charge in [0, 0.05) is 43.5 Å². The first kappa shape index (κ1) is 26.2. The van der Waals surface area contributed by atoms with E-state index in [4.69, 9.17) is 5.11 Å². The van der Waals surface area contributed by atoms with Crippen LogP contribution in [0.5, 0.6) is 0 Å². The summed E-state index contributed by atoms with van der Waals surface area (Å²) in [6.45, 7) is 9.05. The van der Waals surface area contributed by atoms with Gasteiger partial charge in [0.15, 0.2) is 11.6 Å². The van der Waals surface area contributed by atoms with Gasteiger partial charge in [0.2, 0.25) is 0 Å². The van der Waals surface area contributed by atoms with Crippen LogP contribution in [0.2, 0.25) is 0 Å². The van der Waals surface area contributed by atoms with E-state index in [1.807, 2.05) is 30.5 Å². The Morgan fingerprint density at radius 1 is 0.971 bits per heavy atom. The van der Waals surface area contributed by atoms with E-state index >= 15 is 0 Å². The molecule has 5 rings (SSSR count). The molecule has 1 aromatic heterocycles. The third-order valence-electron chi connectivity index (χ3n) is 5.75. The van der Waals surface area contributed by atoms with Crippen LogP contribution in [-0.4, -0.2) is 21.7 Å². The van der Waals surface area contributed by atoms with Gasteiger partial charge in [0.05, 0.1) is 5.76 Å². The minimum atomic E-state index is -0.125. The summed E-state index contributed by atoms with van der Waals surface area (Å²) in [5.74, 6) is 0.0504. The Morgan fingerprint density at radius 2 is 1.71 bits per heavy atom. The van der Waals surface area contributed by atoms with E-state index in [9.17, 15) is 9.59 Å². The molecule has 0 unspecified atom stereocenters. The number of hydrogen-bond donors (Lipinski definition) is 1. The number of fused-ring (bicyclic) bond motifs is 4. The van der Waals surface area contributed by atoms with E-state index in [1.165, 1.54) is 25.5 Å². The van der Waals surface area contributed by atoms with E-state index in [0.29, 0.717) is 0 Å². The Labute approximate surface area is 219 Å². The number of aliphatic hydroxyl groups is 1.